The van der Waals surface area contributed by atoms with Gasteiger partial charge in [0.25, 0.3) is 0 Å². The largest absolute Gasteiger partial charge is 0.378 e. The first-order valence-electron chi connectivity index (χ1n) is 6.54. The first-order valence-corrected chi connectivity index (χ1v) is 6.54. The summed E-state index contributed by atoms with van der Waals surface area (Å²) >= 11 is 0. The van der Waals surface area contributed by atoms with Gasteiger partial charge in [-0.3, -0.25) is 0 Å². The maximum atomic E-state index is 5.84. The van der Waals surface area contributed by atoms with Crippen LogP contribution in [-0.4, -0.2) is 33.2 Å². The number of hydrogen-bond donors (Lipinski definition) is 0. The molecule has 0 aromatic heterocycles. The van der Waals surface area contributed by atoms with E-state index in [1.807, 2.05) is 6.07 Å². The molecule has 0 N–H and O–H groups in total. The van der Waals surface area contributed by atoms with Crippen LogP contribution >= 0.6 is 0 Å². The van der Waals surface area contributed by atoms with Crippen LogP contribution in [0, 0.1) is 5.92 Å². The quantitative estimate of drug-likeness (QED) is 0.752. The number of hydrogen-bond acceptors (Lipinski definition) is 3. The van der Waals surface area contributed by atoms with Crippen LogP contribution in [0.5, 0.6) is 0 Å². The summed E-state index contributed by atoms with van der Waals surface area (Å²) in [5.41, 5.74) is 1.33. The lowest BCUT2D eigenvalue weighted by Gasteiger charge is -2.33. The molecule has 1 fully saturated rings. The highest BCUT2D eigenvalue weighted by Gasteiger charge is 2.29. The van der Waals surface area contributed by atoms with Crippen LogP contribution < -0.4 is 0 Å². The smallest absolute Gasteiger partial charge is 0.159 e. The lowest BCUT2D eigenvalue weighted by Crippen LogP contribution is -2.35. The van der Waals surface area contributed by atoms with Gasteiger partial charge in [0.15, 0.2) is 6.29 Å². The van der Waals surface area contributed by atoms with E-state index in [9.17, 15) is 0 Å². The molecule has 100 valence electrons. The number of methoxy groups -OCH3 is 2. The minimum Gasteiger partial charge on any atom is -0.378 e. The van der Waals surface area contributed by atoms with Crippen molar-refractivity contribution in [2.45, 2.75) is 31.7 Å². The zero-order valence-electron chi connectivity index (χ0n) is 11.2. The van der Waals surface area contributed by atoms with Crippen molar-refractivity contribution in [2.75, 3.05) is 20.8 Å². The Labute approximate surface area is 109 Å². The summed E-state index contributed by atoms with van der Waals surface area (Å²) in [6, 6.07) is 10.5. The first kappa shape index (κ1) is 13.5. The average molecular weight is 250 g/mol. The molecule has 3 heteroatoms. The Hall–Kier alpha value is -0.900. The van der Waals surface area contributed by atoms with Crippen molar-refractivity contribution in [1.29, 1.82) is 0 Å². The zero-order valence-corrected chi connectivity index (χ0v) is 11.2. The van der Waals surface area contributed by atoms with Gasteiger partial charge in [0.2, 0.25) is 0 Å². The lowest BCUT2D eigenvalue weighted by atomic mass is 9.91. The van der Waals surface area contributed by atoms with Crippen LogP contribution in [0.4, 0.5) is 0 Å². The Kier molecular flexibility index (Phi) is 5.17. The second-order valence-electron chi connectivity index (χ2n) is 4.81. The van der Waals surface area contributed by atoms with Crippen molar-refractivity contribution >= 4 is 0 Å². The number of ether oxygens (including phenoxy) is 3. The van der Waals surface area contributed by atoms with Crippen molar-refractivity contribution in [3.8, 4) is 0 Å². The molecular weight excluding hydrogens is 228 g/mol. The van der Waals surface area contributed by atoms with Gasteiger partial charge in [0, 0.05) is 26.7 Å². The van der Waals surface area contributed by atoms with E-state index in [1.165, 1.54) is 5.56 Å². The predicted octanol–water partition coefficient (Wildman–Crippen LogP) is 2.64. The molecule has 1 heterocycles. The third-order valence-electron chi connectivity index (χ3n) is 3.56. The summed E-state index contributed by atoms with van der Waals surface area (Å²) in [5.74, 6) is 0.433. The van der Waals surface area contributed by atoms with Crippen molar-refractivity contribution in [1.82, 2.24) is 0 Å². The third-order valence-corrected chi connectivity index (χ3v) is 3.56. The molecule has 3 nitrogen and oxygen atoms in total. The SMILES string of the molecule is COC(OC)[C@H]1CCO[C@@H](Cc2ccccc2)C1. The lowest BCUT2D eigenvalue weighted by molar-refractivity contribution is -0.164. The van der Waals surface area contributed by atoms with Crippen molar-refractivity contribution in [3.05, 3.63) is 35.9 Å². The normalized spacial score (nSPS) is 24.4. The molecule has 0 spiro atoms. The molecule has 1 aliphatic rings. The monoisotopic (exact) mass is 250 g/mol. The highest BCUT2D eigenvalue weighted by atomic mass is 16.7. The van der Waals surface area contributed by atoms with Gasteiger partial charge in [-0.15, -0.1) is 0 Å². The molecule has 0 aliphatic carbocycles. The number of benzene rings is 1. The van der Waals surface area contributed by atoms with E-state index in [4.69, 9.17) is 14.2 Å². The number of rotatable bonds is 5. The molecule has 2 atom stereocenters. The second-order valence-corrected chi connectivity index (χ2v) is 4.81. The molecule has 1 aromatic carbocycles. The fourth-order valence-corrected chi connectivity index (χ4v) is 2.66. The Morgan fingerprint density at radius 3 is 2.61 bits per heavy atom. The summed E-state index contributed by atoms with van der Waals surface area (Å²) in [7, 11) is 3.41. The van der Waals surface area contributed by atoms with Crippen LogP contribution in [0.3, 0.4) is 0 Å². The molecule has 0 bridgehead atoms. The predicted molar refractivity (Wildman–Crippen MR) is 70.4 cm³/mol. The van der Waals surface area contributed by atoms with E-state index in [-0.39, 0.29) is 12.4 Å². The van der Waals surface area contributed by atoms with E-state index in [2.05, 4.69) is 24.3 Å². The van der Waals surface area contributed by atoms with Crippen LogP contribution in [0.25, 0.3) is 0 Å². The molecule has 0 saturated carbocycles. The summed E-state index contributed by atoms with van der Waals surface area (Å²) in [4.78, 5) is 0. The van der Waals surface area contributed by atoms with Gasteiger partial charge >= 0.3 is 0 Å². The molecule has 1 saturated heterocycles. The van der Waals surface area contributed by atoms with Gasteiger partial charge < -0.3 is 14.2 Å². The Morgan fingerprint density at radius 2 is 1.94 bits per heavy atom. The highest BCUT2D eigenvalue weighted by Crippen LogP contribution is 2.27. The van der Waals surface area contributed by atoms with E-state index < -0.39 is 0 Å². The second kappa shape index (κ2) is 6.88. The van der Waals surface area contributed by atoms with Crippen LogP contribution in [0.2, 0.25) is 0 Å². The third kappa shape index (κ3) is 3.55. The van der Waals surface area contributed by atoms with Crippen LogP contribution in [0.1, 0.15) is 18.4 Å². The zero-order chi connectivity index (χ0) is 12.8. The van der Waals surface area contributed by atoms with Gasteiger partial charge in [-0.2, -0.15) is 0 Å². The van der Waals surface area contributed by atoms with E-state index in [1.54, 1.807) is 14.2 Å². The van der Waals surface area contributed by atoms with E-state index in [0.29, 0.717) is 5.92 Å². The van der Waals surface area contributed by atoms with E-state index in [0.717, 1.165) is 25.9 Å². The molecule has 0 unspecified atom stereocenters. The first-order chi connectivity index (χ1) is 8.83. The van der Waals surface area contributed by atoms with Gasteiger partial charge in [-0.25, -0.2) is 0 Å². The van der Waals surface area contributed by atoms with Crippen molar-refractivity contribution in [2.24, 2.45) is 5.92 Å². The maximum Gasteiger partial charge on any atom is 0.159 e. The average Bonchev–Trinajstić information content (AvgIpc) is 2.42. The fraction of sp³-hybridized carbons (Fsp3) is 0.600. The van der Waals surface area contributed by atoms with Crippen LogP contribution in [0.15, 0.2) is 30.3 Å². The molecule has 2 rings (SSSR count). The molecule has 18 heavy (non-hydrogen) atoms. The topological polar surface area (TPSA) is 27.7 Å². The minimum absolute atomic E-state index is 0.104. The maximum absolute atomic E-state index is 5.84. The van der Waals surface area contributed by atoms with Crippen LogP contribution in [-0.2, 0) is 20.6 Å². The Morgan fingerprint density at radius 1 is 1.22 bits per heavy atom. The Balaban J connectivity index is 1.90. The fourth-order valence-electron chi connectivity index (χ4n) is 2.66. The summed E-state index contributed by atoms with van der Waals surface area (Å²) in [6.45, 7) is 0.797. The molecule has 1 aliphatic heterocycles. The molecular formula is C15H22O3. The minimum atomic E-state index is -0.104. The van der Waals surface area contributed by atoms with E-state index >= 15 is 0 Å². The molecule has 1 aromatic rings. The van der Waals surface area contributed by atoms with Gasteiger partial charge in [-0.05, 0) is 24.8 Å². The van der Waals surface area contributed by atoms with Gasteiger partial charge in [0.1, 0.15) is 0 Å². The van der Waals surface area contributed by atoms with Crippen molar-refractivity contribution < 1.29 is 14.2 Å². The highest BCUT2D eigenvalue weighted by molar-refractivity contribution is 5.15. The molecule has 0 amide bonds. The summed E-state index contributed by atoms with van der Waals surface area (Å²) in [6.07, 6.45) is 3.15. The van der Waals surface area contributed by atoms with Gasteiger partial charge in [-0.1, -0.05) is 30.3 Å². The summed E-state index contributed by atoms with van der Waals surface area (Å²) < 4.78 is 16.6. The Bertz CT molecular complexity index is 335. The molecule has 0 radical (unpaired) electrons. The van der Waals surface area contributed by atoms with Gasteiger partial charge in [0.05, 0.1) is 6.10 Å². The summed E-state index contributed by atoms with van der Waals surface area (Å²) in [5, 5.41) is 0. The van der Waals surface area contributed by atoms with Crippen molar-refractivity contribution in [3.63, 3.8) is 0 Å². The standard InChI is InChI=1S/C15H22O3/c1-16-15(17-2)13-8-9-18-14(11-13)10-12-6-4-3-5-7-12/h3-7,13-15H,8-11H2,1-2H3/t13-,14-/m0/s1.